The van der Waals surface area contributed by atoms with Crippen LogP contribution in [0.4, 0.5) is 19.0 Å². The van der Waals surface area contributed by atoms with Gasteiger partial charge >= 0.3 is 11.9 Å². The van der Waals surface area contributed by atoms with Crippen LogP contribution in [0.5, 0.6) is 0 Å². The summed E-state index contributed by atoms with van der Waals surface area (Å²) < 4.78 is 51.0. The highest BCUT2D eigenvalue weighted by Crippen LogP contribution is 2.50. The van der Waals surface area contributed by atoms with Crippen LogP contribution in [-0.4, -0.2) is 65.0 Å². The van der Waals surface area contributed by atoms with E-state index in [2.05, 4.69) is 11.6 Å². The lowest BCUT2D eigenvalue weighted by Gasteiger charge is -2.45. The van der Waals surface area contributed by atoms with Crippen LogP contribution in [0.1, 0.15) is 25.5 Å². The number of carbonyl (C=O) groups excluding carboxylic acids is 1. The normalized spacial score (nSPS) is 21.1. The lowest BCUT2D eigenvalue weighted by atomic mass is 9.95. The van der Waals surface area contributed by atoms with Gasteiger partial charge in [0.05, 0.1) is 23.7 Å². The summed E-state index contributed by atoms with van der Waals surface area (Å²) in [7, 11) is 1.52. The van der Waals surface area contributed by atoms with Crippen LogP contribution < -0.4 is 10.6 Å². The topological polar surface area (TPSA) is 67.7 Å². The van der Waals surface area contributed by atoms with Crippen LogP contribution in [0.2, 0.25) is 5.02 Å². The zero-order chi connectivity index (χ0) is 28.9. The predicted octanol–water partition coefficient (Wildman–Crippen LogP) is 5.64. The molecule has 2 aliphatic rings. The number of amides is 1. The summed E-state index contributed by atoms with van der Waals surface area (Å²) in [6, 6.07) is 6.40. The Bertz CT molecular complexity index is 1550. The molecule has 1 aromatic heterocycles. The zero-order valence-electron chi connectivity index (χ0n) is 22.2. The minimum Gasteiger partial charge on any atom is -0.383 e. The van der Waals surface area contributed by atoms with Crippen molar-refractivity contribution in [1.82, 2.24) is 14.5 Å². The number of anilines is 1. The summed E-state index contributed by atoms with van der Waals surface area (Å²) in [5, 5.41) is 0.530. The Morgan fingerprint density at radius 2 is 1.95 bits per heavy atom. The molecular formula is C28H28ClF3N4O3S. The molecule has 3 aromatic rings. The third-order valence-corrected chi connectivity index (χ3v) is 8.83. The van der Waals surface area contributed by atoms with Crippen molar-refractivity contribution in [3.8, 4) is 11.1 Å². The lowest BCUT2D eigenvalue weighted by Crippen LogP contribution is -2.58. The standard InChI is InChI=1S/C28H28ClF3N4O3S/c1-5-22(37)35-15(2)11-34(12-16(35)3)26-20-10-21(28(30,31)32)23(17-7-6-8-18(29)9-17)25-24(20)36(27(38)33-26)19(13-39-4)14-40-25/h5-10,15-16,19H,1,11-14H2,2-4H3/t15-,16+,19-/m0/s1. The van der Waals surface area contributed by atoms with Gasteiger partial charge in [0.25, 0.3) is 0 Å². The second-order valence-corrected chi connectivity index (χ2v) is 11.6. The molecule has 5 rings (SSSR count). The van der Waals surface area contributed by atoms with Crippen LogP contribution in [0.3, 0.4) is 0 Å². The highest BCUT2D eigenvalue weighted by molar-refractivity contribution is 7.99. The Morgan fingerprint density at radius 1 is 1.25 bits per heavy atom. The van der Waals surface area contributed by atoms with Gasteiger partial charge in [-0.3, -0.25) is 9.36 Å². The van der Waals surface area contributed by atoms with Crippen molar-refractivity contribution >= 4 is 46.0 Å². The van der Waals surface area contributed by atoms with E-state index >= 15 is 0 Å². The second-order valence-electron chi connectivity index (χ2n) is 10.1. The maximum absolute atomic E-state index is 14.7. The Labute approximate surface area is 238 Å². The Balaban J connectivity index is 1.82. The Hall–Kier alpha value is -3.02. The van der Waals surface area contributed by atoms with Gasteiger partial charge in [-0.2, -0.15) is 18.2 Å². The highest BCUT2D eigenvalue weighted by atomic mass is 35.5. The van der Waals surface area contributed by atoms with E-state index < -0.39 is 23.5 Å². The number of carbonyl (C=O) groups is 1. The fourth-order valence-corrected chi connectivity index (χ4v) is 7.35. The fraction of sp³-hybridized carbons (Fsp3) is 0.393. The summed E-state index contributed by atoms with van der Waals surface area (Å²) in [5.41, 5.74) is -0.707. The van der Waals surface area contributed by atoms with Crippen molar-refractivity contribution in [2.75, 3.05) is 37.5 Å². The molecule has 0 bridgehead atoms. The van der Waals surface area contributed by atoms with E-state index in [0.717, 1.165) is 6.07 Å². The van der Waals surface area contributed by atoms with Crippen molar-refractivity contribution in [2.24, 2.45) is 0 Å². The summed E-state index contributed by atoms with van der Waals surface area (Å²) in [6.07, 6.45) is -3.45. The molecule has 0 aliphatic carbocycles. The molecule has 2 aromatic carbocycles. The van der Waals surface area contributed by atoms with Crippen LogP contribution in [0.25, 0.3) is 22.0 Å². The number of hydrogen-bond donors (Lipinski definition) is 0. The number of piperazine rings is 1. The lowest BCUT2D eigenvalue weighted by molar-refractivity contribution is -0.137. The largest absolute Gasteiger partial charge is 0.417 e. The Morgan fingerprint density at radius 3 is 2.55 bits per heavy atom. The third kappa shape index (κ3) is 4.88. The number of halogens is 4. The van der Waals surface area contributed by atoms with E-state index in [1.807, 2.05) is 13.8 Å². The summed E-state index contributed by atoms with van der Waals surface area (Å²) in [6.45, 7) is 8.06. The molecule has 12 heteroatoms. The minimum absolute atomic E-state index is 0.0169. The van der Waals surface area contributed by atoms with E-state index in [9.17, 15) is 22.8 Å². The van der Waals surface area contributed by atoms with Crippen molar-refractivity contribution in [3.05, 3.63) is 64.1 Å². The van der Waals surface area contributed by atoms with Gasteiger partial charge in [0.2, 0.25) is 5.91 Å². The van der Waals surface area contributed by atoms with Gasteiger partial charge in [0, 0.05) is 58.9 Å². The minimum atomic E-state index is -4.69. The van der Waals surface area contributed by atoms with E-state index in [1.54, 1.807) is 28.0 Å². The molecule has 3 atom stereocenters. The molecule has 3 heterocycles. The van der Waals surface area contributed by atoms with Crippen LogP contribution in [0.15, 0.2) is 52.7 Å². The third-order valence-electron chi connectivity index (χ3n) is 7.36. The van der Waals surface area contributed by atoms with Gasteiger partial charge in [-0.15, -0.1) is 11.8 Å². The van der Waals surface area contributed by atoms with Crippen LogP contribution in [0, 0.1) is 0 Å². The quantitative estimate of drug-likeness (QED) is 0.357. The molecule has 7 nitrogen and oxygen atoms in total. The number of thioether (sulfide) groups is 1. The highest BCUT2D eigenvalue weighted by Gasteiger charge is 2.40. The molecule has 0 radical (unpaired) electrons. The zero-order valence-corrected chi connectivity index (χ0v) is 23.7. The number of ether oxygens (including phenoxy) is 1. The average Bonchev–Trinajstić information content (AvgIpc) is 2.89. The summed E-state index contributed by atoms with van der Waals surface area (Å²) >= 11 is 7.46. The summed E-state index contributed by atoms with van der Waals surface area (Å²) in [4.78, 5) is 34.3. The van der Waals surface area contributed by atoms with Crippen molar-refractivity contribution in [2.45, 2.75) is 43.0 Å². The van der Waals surface area contributed by atoms with Gasteiger partial charge in [-0.1, -0.05) is 30.3 Å². The van der Waals surface area contributed by atoms with Gasteiger partial charge in [-0.25, -0.2) is 4.79 Å². The molecule has 0 saturated carbocycles. The number of hydrogen-bond acceptors (Lipinski definition) is 6. The Kier molecular flexibility index (Phi) is 7.66. The van der Waals surface area contributed by atoms with E-state index in [1.165, 1.54) is 35.6 Å². The van der Waals surface area contributed by atoms with Gasteiger partial charge in [-0.05, 0) is 43.7 Å². The maximum atomic E-state index is 14.7. The molecule has 0 spiro atoms. The number of methoxy groups -OCH3 is 1. The van der Waals surface area contributed by atoms with Crippen LogP contribution in [-0.2, 0) is 15.7 Å². The number of nitrogens with zero attached hydrogens (tertiary/aromatic N) is 4. The molecule has 2 aliphatic heterocycles. The molecule has 212 valence electrons. The number of aromatic nitrogens is 2. The van der Waals surface area contributed by atoms with Crippen molar-refractivity contribution in [1.29, 1.82) is 0 Å². The molecule has 0 N–H and O–H groups in total. The second kappa shape index (κ2) is 10.8. The number of benzene rings is 2. The molecule has 1 saturated heterocycles. The van der Waals surface area contributed by atoms with Crippen molar-refractivity contribution in [3.63, 3.8) is 0 Å². The molecule has 1 amide bonds. The van der Waals surface area contributed by atoms with Gasteiger partial charge in [0.1, 0.15) is 5.82 Å². The predicted molar refractivity (Wildman–Crippen MR) is 151 cm³/mol. The first-order chi connectivity index (χ1) is 19.0. The number of alkyl halides is 3. The number of rotatable bonds is 5. The average molecular weight is 593 g/mol. The SMILES string of the molecule is C=CC(=O)N1[C@H](C)CN(c2nc(=O)n3c4c(c(-c5cccc(Cl)c5)c(C(F)(F)F)cc24)SC[C@@H]3COC)C[C@@H]1C. The first-order valence-electron chi connectivity index (χ1n) is 12.7. The van der Waals surface area contributed by atoms with Crippen LogP contribution >= 0.6 is 23.4 Å². The molecule has 40 heavy (non-hydrogen) atoms. The monoisotopic (exact) mass is 592 g/mol. The van der Waals surface area contributed by atoms with E-state index in [4.69, 9.17) is 16.3 Å². The van der Waals surface area contributed by atoms with E-state index in [-0.39, 0.29) is 54.5 Å². The van der Waals surface area contributed by atoms with Crippen molar-refractivity contribution < 1.29 is 22.7 Å². The summed E-state index contributed by atoms with van der Waals surface area (Å²) in [5.74, 6) is 0.278. The van der Waals surface area contributed by atoms with Gasteiger partial charge in [0.15, 0.2) is 0 Å². The smallest absolute Gasteiger partial charge is 0.383 e. The fourth-order valence-electron chi connectivity index (χ4n) is 5.84. The molecule has 1 fully saturated rings. The first kappa shape index (κ1) is 28.5. The van der Waals surface area contributed by atoms with E-state index in [0.29, 0.717) is 26.8 Å². The van der Waals surface area contributed by atoms with Gasteiger partial charge < -0.3 is 14.5 Å². The maximum Gasteiger partial charge on any atom is 0.417 e. The molecular weight excluding hydrogens is 565 g/mol. The molecule has 0 unspecified atom stereocenters. The first-order valence-corrected chi connectivity index (χ1v) is 14.1.